The summed E-state index contributed by atoms with van der Waals surface area (Å²) < 4.78 is 7.35. The van der Waals surface area contributed by atoms with E-state index >= 15 is 0 Å². The number of aryl methyl sites for hydroxylation is 1. The van der Waals surface area contributed by atoms with Crippen LogP contribution in [-0.4, -0.2) is 38.7 Å². The van der Waals surface area contributed by atoms with Gasteiger partial charge < -0.3 is 9.84 Å². The predicted molar refractivity (Wildman–Crippen MR) is 63.5 cm³/mol. The van der Waals surface area contributed by atoms with Crippen molar-refractivity contribution in [1.29, 1.82) is 0 Å². The Hall–Kier alpha value is -0.940. The van der Waals surface area contributed by atoms with Crippen LogP contribution in [-0.2, 0) is 18.2 Å². The Morgan fingerprint density at radius 1 is 1.59 bits per heavy atom. The van der Waals surface area contributed by atoms with Crippen LogP contribution in [0.4, 0.5) is 0 Å². The van der Waals surface area contributed by atoms with E-state index in [0.717, 1.165) is 31.7 Å². The van der Waals surface area contributed by atoms with Crippen molar-refractivity contribution in [2.24, 2.45) is 7.05 Å². The summed E-state index contributed by atoms with van der Waals surface area (Å²) >= 11 is 0. The highest BCUT2D eigenvalue weighted by Crippen LogP contribution is 2.18. The molecule has 1 aliphatic rings. The van der Waals surface area contributed by atoms with Crippen LogP contribution in [0.3, 0.4) is 0 Å². The van der Waals surface area contributed by atoms with Crippen LogP contribution in [0.1, 0.15) is 37.9 Å². The Balaban J connectivity index is 1.70. The third-order valence-electron chi connectivity index (χ3n) is 3.32. The smallest absolute Gasteiger partial charge is 0.138 e. The quantitative estimate of drug-likeness (QED) is 0.835. The Morgan fingerprint density at radius 2 is 2.47 bits per heavy atom. The van der Waals surface area contributed by atoms with Crippen molar-refractivity contribution < 1.29 is 9.84 Å². The second kappa shape index (κ2) is 6.12. The lowest BCUT2D eigenvalue weighted by molar-refractivity contribution is 0.00217. The average molecular weight is 239 g/mol. The Morgan fingerprint density at radius 3 is 3.12 bits per heavy atom. The molecule has 0 spiro atoms. The molecule has 0 bridgehead atoms. The van der Waals surface area contributed by atoms with Crippen LogP contribution in [0.2, 0.25) is 0 Å². The normalized spacial score (nSPS) is 22.6. The van der Waals surface area contributed by atoms with Gasteiger partial charge in [0.05, 0.1) is 12.2 Å². The summed E-state index contributed by atoms with van der Waals surface area (Å²) in [4.78, 5) is 4.11. The predicted octanol–water partition coefficient (Wildman–Crippen LogP) is 1.07. The number of rotatable bonds is 5. The van der Waals surface area contributed by atoms with Gasteiger partial charge in [-0.15, -0.1) is 0 Å². The van der Waals surface area contributed by atoms with Crippen LogP contribution in [0.25, 0.3) is 0 Å². The minimum atomic E-state index is -0.344. The lowest BCUT2D eigenvalue weighted by atomic mass is 10.0. The van der Waals surface area contributed by atoms with Gasteiger partial charge in [-0.05, 0) is 32.1 Å². The van der Waals surface area contributed by atoms with Gasteiger partial charge in [0.2, 0.25) is 0 Å². The zero-order valence-corrected chi connectivity index (χ0v) is 10.4. The lowest BCUT2D eigenvalue weighted by Gasteiger charge is -2.23. The molecule has 2 rings (SSSR count). The first-order valence-electron chi connectivity index (χ1n) is 6.38. The fourth-order valence-electron chi connectivity index (χ4n) is 2.23. The van der Waals surface area contributed by atoms with Gasteiger partial charge in [0, 0.05) is 20.1 Å². The SMILES string of the molecule is Cn1ncnc1CC(O)CCC1CCCCO1. The monoisotopic (exact) mass is 239 g/mol. The highest BCUT2D eigenvalue weighted by atomic mass is 16.5. The molecule has 96 valence electrons. The van der Waals surface area contributed by atoms with Crippen LogP contribution >= 0.6 is 0 Å². The van der Waals surface area contributed by atoms with Crippen LogP contribution in [0.5, 0.6) is 0 Å². The molecule has 2 atom stereocenters. The molecule has 5 nitrogen and oxygen atoms in total. The molecule has 1 saturated heterocycles. The number of hydrogen-bond acceptors (Lipinski definition) is 4. The standard InChI is InChI=1S/C12H21N3O2/c1-15-12(13-9-14-15)8-10(16)5-6-11-4-2-3-7-17-11/h9-11,16H,2-8H2,1H3. The zero-order chi connectivity index (χ0) is 12.1. The van der Waals surface area contributed by atoms with E-state index in [1.54, 1.807) is 4.68 Å². The largest absolute Gasteiger partial charge is 0.393 e. The van der Waals surface area contributed by atoms with Gasteiger partial charge in [-0.25, -0.2) is 4.98 Å². The van der Waals surface area contributed by atoms with Gasteiger partial charge >= 0.3 is 0 Å². The molecule has 1 aromatic heterocycles. The summed E-state index contributed by atoms with van der Waals surface area (Å²) in [6, 6.07) is 0. The van der Waals surface area contributed by atoms with Gasteiger partial charge in [0.15, 0.2) is 0 Å². The summed E-state index contributed by atoms with van der Waals surface area (Å²) in [5.41, 5.74) is 0. The molecular weight excluding hydrogens is 218 g/mol. The summed E-state index contributed by atoms with van der Waals surface area (Å²) in [7, 11) is 1.85. The maximum Gasteiger partial charge on any atom is 0.138 e. The van der Waals surface area contributed by atoms with Gasteiger partial charge in [0.1, 0.15) is 12.2 Å². The van der Waals surface area contributed by atoms with E-state index in [1.807, 2.05) is 7.05 Å². The van der Waals surface area contributed by atoms with Gasteiger partial charge in [-0.3, -0.25) is 4.68 Å². The fraction of sp³-hybridized carbons (Fsp3) is 0.833. The van der Waals surface area contributed by atoms with E-state index in [4.69, 9.17) is 4.74 Å². The van der Waals surface area contributed by atoms with E-state index in [2.05, 4.69) is 10.1 Å². The van der Waals surface area contributed by atoms with Crippen molar-refractivity contribution in [3.05, 3.63) is 12.2 Å². The van der Waals surface area contributed by atoms with E-state index in [9.17, 15) is 5.11 Å². The van der Waals surface area contributed by atoms with Crippen molar-refractivity contribution in [2.75, 3.05) is 6.61 Å². The van der Waals surface area contributed by atoms with Gasteiger partial charge in [-0.2, -0.15) is 5.10 Å². The molecule has 2 unspecified atom stereocenters. The Labute approximate surface area is 102 Å². The molecule has 5 heteroatoms. The zero-order valence-electron chi connectivity index (χ0n) is 10.4. The number of nitrogens with zero attached hydrogens (tertiary/aromatic N) is 3. The molecule has 1 aliphatic heterocycles. The van der Waals surface area contributed by atoms with Gasteiger partial charge in [-0.1, -0.05) is 0 Å². The van der Waals surface area contributed by atoms with E-state index in [-0.39, 0.29) is 6.10 Å². The van der Waals surface area contributed by atoms with Crippen molar-refractivity contribution in [2.45, 2.75) is 50.7 Å². The second-order valence-corrected chi connectivity index (χ2v) is 4.72. The van der Waals surface area contributed by atoms with Crippen LogP contribution in [0.15, 0.2) is 6.33 Å². The maximum atomic E-state index is 9.94. The van der Waals surface area contributed by atoms with Crippen molar-refractivity contribution in [1.82, 2.24) is 14.8 Å². The Bertz CT molecular complexity index is 334. The first-order chi connectivity index (χ1) is 8.25. The minimum Gasteiger partial charge on any atom is -0.393 e. The summed E-state index contributed by atoms with van der Waals surface area (Å²) in [6.45, 7) is 0.879. The summed E-state index contributed by atoms with van der Waals surface area (Å²) in [6.07, 6.45) is 7.38. The Kier molecular flexibility index (Phi) is 4.50. The number of ether oxygens (including phenoxy) is 1. The minimum absolute atomic E-state index is 0.344. The highest BCUT2D eigenvalue weighted by Gasteiger charge is 2.16. The molecule has 0 aliphatic carbocycles. The summed E-state index contributed by atoms with van der Waals surface area (Å²) in [5.74, 6) is 0.835. The van der Waals surface area contributed by atoms with Crippen LogP contribution < -0.4 is 0 Å². The molecule has 1 fully saturated rings. The first-order valence-corrected chi connectivity index (χ1v) is 6.38. The number of aromatic nitrogens is 3. The molecule has 0 amide bonds. The van der Waals surface area contributed by atoms with Crippen molar-refractivity contribution in [3.8, 4) is 0 Å². The molecule has 0 aromatic carbocycles. The van der Waals surface area contributed by atoms with Crippen molar-refractivity contribution >= 4 is 0 Å². The molecular formula is C12H21N3O2. The first kappa shape index (κ1) is 12.5. The van der Waals surface area contributed by atoms with E-state index < -0.39 is 0 Å². The topological polar surface area (TPSA) is 60.2 Å². The van der Waals surface area contributed by atoms with Crippen LogP contribution in [0, 0.1) is 0 Å². The second-order valence-electron chi connectivity index (χ2n) is 4.72. The van der Waals surface area contributed by atoms with E-state index in [1.165, 1.54) is 19.2 Å². The molecule has 1 N–H and O–H groups in total. The third-order valence-corrected chi connectivity index (χ3v) is 3.32. The molecule has 2 heterocycles. The highest BCUT2D eigenvalue weighted by molar-refractivity contribution is 4.86. The molecule has 17 heavy (non-hydrogen) atoms. The lowest BCUT2D eigenvalue weighted by Crippen LogP contribution is -2.22. The number of aliphatic hydroxyl groups is 1. The number of aliphatic hydroxyl groups excluding tert-OH is 1. The van der Waals surface area contributed by atoms with E-state index in [0.29, 0.717) is 12.5 Å². The maximum absolute atomic E-state index is 9.94. The number of hydrogen-bond donors (Lipinski definition) is 1. The van der Waals surface area contributed by atoms with Crippen molar-refractivity contribution in [3.63, 3.8) is 0 Å². The molecule has 1 aromatic rings. The molecule has 0 saturated carbocycles. The molecule has 0 radical (unpaired) electrons. The third kappa shape index (κ3) is 3.78. The van der Waals surface area contributed by atoms with Gasteiger partial charge in [0.25, 0.3) is 0 Å². The summed E-state index contributed by atoms with van der Waals surface area (Å²) in [5, 5.41) is 13.9. The fourth-order valence-corrected chi connectivity index (χ4v) is 2.23. The average Bonchev–Trinajstić information content (AvgIpc) is 2.74.